The summed E-state index contributed by atoms with van der Waals surface area (Å²) in [7, 11) is 1.60. The molecule has 1 aliphatic rings. The van der Waals surface area contributed by atoms with Gasteiger partial charge in [-0.1, -0.05) is 31.2 Å². The van der Waals surface area contributed by atoms with Gasteiger partial charge < -0.3 is 19.5 Å². The number of hydrogen-bond acceptors (Lipinski definition) is 5. The molecule has 0 radical (unpaired) electrons. The number of likely N-dealkylation sites (tertiary alicyclic amines) is 1. The van der Waals surface area contributed by atoms with Crippen LogP contribution in [0.4, 0.5) is 0 Å². The van der Waals surface area contributed by atoms with Gasteiger partial charge in [0.1, 0.15) is 11.5 Å². The molecule has 1 amide bonds. The highest BCUT2D eigenvalue weighted by Crippen LogP contribution is 2.40. The summed E-state index contributed by atoms with van der Waals surface area (Å²) in [6.45, 7) is 7.33. The summed E-state index contributed by atoms with van der Waals surface area (Å²) in [5.74, 6) is -0.789. The number of nitrogens with zero attached hydrogens (tertiary/aromatic N) is 1. The molecule has 1 saturated heterocycles. The van der Waals surface area contributed by atoms with Gasteiger partial charge in [-0.25, -0.2) is 0 Å². The van der Waals surface area contributed by atoms with Crippen molar-refractivity contribution in [2.75, 3.05) is 26.9 Å². The first-order valence-corrected chi connectivity index (χ1v) is 11.0. The maximum atomic E-state index is 13.1. The summed E-state index contributed by atoms with van der Waals surface area (Å²) in [6.07, 6.45) is 1.45. The first-order chi connectivity index (χ1) is 15.4. The van der Waals surface area contributed by atoms with Crippen molar-refractivity contribution >= 4 is 17.4 Å². The molecular formula is C26H31NO5. The number of benzene rings is 2. The fourth-order valence-electron chi connectivity index (χ4n) is 3.87. The molecule has 0 spiro atoms. The highest BCUT2D eigenvalue weighted by atomic mass is 16.5. The van der Waals surface area contributed by atoms with Crippen molar-refractivity contribution in [2.24, 2.45) is 0 Å². The SMILES string of the molecule is CCCOc1cccc(C2/C(=C(/O)c3ccc(C)c(C)c3)C(=O)C(=O)N2CCCOC)c1. The minimum Gasteiger partial charge on any atom is -0.507 e. The number of aryl methyl sites for hydroxylation is 2. The minimum absolute atomic E-state index is 0.100. The van der Waals surface area contributed by atoms with Gasteiger partial charge in [0.05, 0.1) is 18.2 Å². The van der Waals surface area contributed by atoms with Crippen LogP contribution in [-0.2, 0) is 14.3 Å². The molecular weight excluding hydrogens is 406 g/mol. The zero-order chi connectivity index (χ0) is 23.3. The molecule has 2 aromatic rings. The highest BCUT2D eigenvalue weighted by molar-refractivity contribution is 6.46. The second-order valence-corrected chi connectivity index (χ2v) is 8.06. The average molecular weight is 438 g/mol. The van der Waals surface area contributed by atoms with Gasteiger partial charge in [0, 0.05) is 25.8 Å². The predicted molar refractivity (Wildman–Crippen MR) is 124 cm³/mol. The second kappa shape index (κ2) is 10.5. The van der Waals surface area contributed by atoms with Crippen molar-refractivity contribution in [3.63, 3.8) is 0 Å². The molecule has 2 aromatic carbocycles. The Morgan fingerprint density at radius 2 is 1.84 bits per heavy atom. The van der Waals surface area contributed by atoms with E-state index in [4.69, 9.17) is 9.47 Å². The highest BCUT2D eigenvalue weighted by Gasteiger charge is 2.45. The Bertz CT molecular complexity index is 1030. The Morgan fingerprint density at radius 1 is 1.06 bits per heavy atom. The average Bonchev–Trinajstić information content (AvgIpc) is 3.04. The van der Waals surface area contributed by atoms with Gasteiger partial charge in [-0.2, -0.15) is 0 Å². The molecule has 1 unspecified atom stereocenters. The number of rotatable bonds is 9. The number of Topliss-reactive ketones (excluding diaryl/α,β-unsaturated/α-hetero) is 1. The van der Waals surface area contributed by atoms with Crippen molar-refractivity contribution in [1.29, 1.82) is 0 Å². The van der Waals surface area contributed by atoms with Gasteiger partial charge in [-0.15, -0.1) is 0 Å². The molecule has 0 aliphatic carbocycles. The summed E-state index contributed by atoms with van der Waals surface area (Å²) in [5.41, 5.74) is 3.42. The third-order valence-electron chi connectivity index (χ3n) is 5.71. The van der Waals surface area contributed by atoms with E-state index in [2.05, 4.69) is 0 Å². The smallest absolute Gasteiger partial charge is 0.295 e. The number of ether oxygens (including phenoxy) is 2. The lowest BCUT2D eigenvalue weighted by Crippen LogP contribution is -2.31. The summed E-state index contributed by atoms with van der Waals surface area (Å²) in [6, 6.07) is 12.2. The van der Waals surface area contributed by atoms with Crippen molar-refractivity contribution in [1.82, 2.24) is 4.90 Å². The van der Waals surface area contributed by atoms with E-state index in [9.17, 15) is 14.7 Å². The normalized spacial score (nSPS) is 17.8. The van der Waals surface area contributed by atoms with Crippen LogP contribution in [0, 0.1) is 13.8 Å². The van der Waals surface area contributed by atoms with Gasteiger partial charge in [0.15, 0.2) is 0 Å². The van der Waals surface area contributed by atoms with Gasteiger partial charge in [0.2, 0.25) is 0 Å². The molecule has 32 heavy (non-hydrogen) atoms. The zero-order valence-electron chi connectivity index (χ0n) is 19.2. The quantitative estimate of drug-likeness (QED) is 0.270. The number of methoxy groups -OCH3 is 1. The Morgan fingerprint density at radius 3 is 2.53 bits per heavy atom. The van der Waals surface area contributed by atoms with Crippen LogP contribution in [0.25, 0.3) is 5.76 Å². The minimum atomic E-state index is -0.696. The van der Waals surface area contributed by atoms with Crippen LogP contribution in [0.1, 0.15) is 48.1 Å². The van der Waals surface area contributed by atoms with E-state index in [0.717, 1.165) is 23.1 Å². The van der Waals surface area contributed by atoms with Crippen molar-refractivity contribution in [3.05, 3.63) is 70.3 Å². The Hall–Kier alpha value is -3.12. The summed E-state index contributed by atoms with van der Waals surface area (Å²) < 4.78 is 10.9. The Balaban J connectivity index is 2.11. The fraction of sp³-hybridized carbons (Fsp3) is 0.385. The lowest BCUT2D eigenvalue weighted by atomic mass is 9.94. The standard InChI is InChI=1S/C26H31NO5/c1-5-13-32-21-9-6-8-19(16-21)23-22(24(28)20-11-10-17(2)18(3)15-20)25(29)26(30)27(23)12-7-14-31-4/h6,8-11,15-16,23,28H,5,7,12-14H2,1-4H3/b24-22-. The number of aliphatic hydroxyl groups is 1. The molecule has 6 heteroatoms. The summed E-state index contributed by atoms with van der Waals surface area (Å²) in [5, 5.41) is 11.2. The van der Waals surface area contributed by atoms with Gasteiger partial charge in [0.25, 0.3) is 11.7 Å². The lowest BCUT2D eigenvalue weighted by Gasteiger charge is -2.25. The predicted octanol–water partition coefficient (Wildman–Crippen LogP) is 4.55. The topological polar surface area (TPSA) is 76.1 Å². The van der Waals surface area contributed by atoms with Crippen LogP contribution in [0.15, 0.2) is 48.0 Å². The van der Waals surface area contributed by atoms with E-state index in [1.807, 2.05) is 57.2 Å². The summed E-state index contributed by atoms with van der Waals surface area (Å²) in [4.78, 5) is 27.6. The lowest BCUT2D eigenvalue weighted by molar-refractivity contribution is -0.140. The number of ketones is 1. The van der Waals surface area contributed by atoms with Crippen LogP contribution >= 0.6 is 0 Å². The van der Waals surface area contributed by atoms with Gasteiger partial charge >= 0.3 is 0 Å². The maximum absolute atomic E-state index is 13.1. The summed E-state index contributed by atoms with van der Waals surface area (Å²) >= 11 is 0. The van der Waals surface area contributed by atoms with E-state index < -0.39 is 17.7 Å². The van der Waals surface area contributed by atoms with Crippen LogP contribution in [0.3, 0.4) is 0 Å². The third kappa shape index (κ3) is 4.86. The molecule has 0 saturated carbocycles. The monoisotopic (exact) mass is 437 g/mol. The van der Waals surface area contributed by atoms with Gasteiger partial charge in [-0.05, 0) is 61.6 Å². The van der Waals surface area contributed by atoms with E-state index in [1.54, 1.807) is 13.2 Å². The van der Waals surface area contributed by atoms with Gasteiger partial charge in [-0.3, -0.25) is 9.59 Å². The molecule has 0 aromatic heterocycles. The number of carbonyl (C=O) groups excluding carboxylic acids is 2. The first-order valence-electron chi connectivity index (χ1n) is 11.0. The van der Waals surface area contributed by atoms with Crippen molar-refractivity contribution in [3.8, 4) is 5.75 Å². The van der Waals surface area contributed by atoms with Crippen molar-refractivity contribution < 1.29 is 24.2 Å². The molecule has 6 nitrogen and oxygen atoms in total. The van der Waals surface area contributed by atoms with Crippen LogP contribution < -0.4 is 4.74 Å². The van der Waals surface area contributed by atoms with E-state index in [0.29, 0.717) is 37.5 Å². The second-order valence-electron chi connectivity index (χ2n) is 8.06. The van der Waals surface area contributed by atoms with Crippen LogP contribution in [-0.4, -0.2) is 48.6 Å². The fourth-order valence-corrected chi connectivity index (χ4v) is 3.87. The van der Waals surface area contributed by atoms with E-state index >= 15 is 0 Å². The molecule has 1 atom stereocenters. The molecule has 1 aliphatic heterocycles. The largest absolute Gasteiger partial charge is 0.507 e. The number of amides is 1. The maximum Gasteiger partial charge on any atom is 0.295 e. The number of aliphatic hydroxyl groups excluding tert-OH is 1. The molecule has 1 heterocycles. The number of hydrogen-bond donors (Lipinski definition) is 1. The van der Waals surface area contributed by atoms with E-state index in [1.165, 1.54) is 4.90 Å². The zero-order valence-corrected chi connectivity index (χ0v) is 19.2. The molecule has 1 fully saturated rings. The molecule has 1 N–H and O–H groups in total. The van der Waals surface area contributed by atoms with E-state index in [-0.39, 0.29) is 11.3 Å². The Labute approximate surface area is 189 Å². The molecule has 170 valence electrons. The molecule has 0 bridgehead atoms. The Kier molecular flexibility index (Phi) is 7.70. The molecule has 3 rings (SSSR count). The van der Waals surface area contributed by atoms with Crippen molar-refractivity contribution in [2.45, 2.75) is 39.7 Å². The third-order valence-corrected chi connectivity index (χ3v) is 5.71. The first kappa shape index (κ1) is 23.5. The van der Waals surface area contributed by atoms with Crippen LogP contribution in [0.5, 0.6) is 5.75 Å². The number of carbonyl (C=O) groups is 2. The van der Waals surface area contributed by atoms with Crippen LogP contribution in [0.2, 0.25) is 0 Å².